The summed E-state index contributed by atoms with van der Waals surface area (Å²) in [7, 11) is 0. The van der Waals surface area contributed by atoms with Crippen LogP contribution in [0.3, 0.4) is 0 Å². The minimum atomic E-state index is -0.634. The average molecular weight is 239 g/mol. The Morgan fingerprint density at radius 1 is 1.35 bits per heavy atom. The summed E-state index contributed by atoms with van der Waals surface area (Å²) in [4.78, 5) is 12.0. The zero-order valence-corrected chi connectivity index (χ0v) is 9.67. The van der Waals surface area contributed by atoms with Crippen molar-refractivity contribution in [1.82, 2.24) is 5.32 Å². The van der Waals surface area contributed by atoms with E-state index in [4.69, 9.17) is 0 Å². The van der Waals surface area contributed by atoms with Gasteiger partial charge in [0.1, 0.15) is 17.4 Å². The summed E-state index contributed by atoms with van der Waals surface area (Å²) in [6, 6.07) is 3.40. The van der Waals surface area contributed by atoms with Crippen molar-refractivity contribution in [3.05, 3.63) is 35.4 Å². The highest BCUT2D eigenvalue weighted by molar-refractivity contribution is 5.84. The van der Waals surface area contributed by atoms with Gasteiger partial charge in [-0.1, -0.05) is 0 Å². The quantitative estimate of drug-likeness (QED) is 0.875. The highest BCUT2D eigenvalue weighted by Gasteiger charge is 2.29. The zero-order chi connectivity index (χ0) is 12.4. The number of benzene rings is 1. The Kier molecular flexibility index (Phi) is 3.52. The highest BCUT2D eigenvalue weighted by Crippen LogP contribution is 2.19. The molecule has 92 valence electrons. The van der Waals surface area contributed by atoms with Crippen molar-refractivity contribution in [3.8, 4) is 0 Å². The number of Topliss-reactive ketones (excluding diaryl/α,β-unsaturated/α-hetero) is 1. The molecule has 0 saturated carbocycles. The van der Waals surface area contributed by atoms with E-state index in [0.29, 0.717) is 5.56 Å². The summed E-state index contributed by atoms with van der Waals surface area (Å²) >= 11 is 0. The van der Waals surface area contributed by atoms with Crippen LogP contribution < -0.4 is 5.32 Å². The molecule has 17 heavy (non-hydrogen) atoms. The summed E-state index contributed by atoms with van der Waals surface area (Å²) < 4.78 is 25.9. The highest BCUT2D eigenvalue weighted by atomic mass is 19.1. The predicted molar refractivity (Wildman–Crippen MR) is 60.6 cm³/mol. The van der Waals surface area contributed by atoms with E-state index in [9.17, 15) is 13.6 Å². The Bertz CT molecular complexity index is 413. The fourth-order valence-corrected chi connectivity index (χ4v) is 2.34. The first kappa shape index (κ1) is 12.2. The molecule has 0 spiro atoms. The number of hydrogen-bond acceptors (Lipinski definition) is 2. The molecule has 1 N–H and O–H groups in total. The van der Waals surface area contributed by atoms with Crippen molar-refractivity contribution >= 4 is 5.78 Å². The van der Waals surface area contributed by atoms with Crippen LogP contribution in [0.4, 0.5) is 8.78 Å². The molecule has 1 aromatic carbocycles. The van der Waals surface area contributed by atoms with Crippen molar-refractivity contribution in [1.29, 1.82) is 0 Å². The molecule has 1 aliphatic rings. The van der Waals surface area contributed by atoms with Gasteiger partial charge in [0.2, 0.25) is 0 Å². The number of hydrogen-bond donors (Lipinski definition) is 1. The van der Waals surface area contributed by atoms with E-state index in [0.717, 1.165) is 19.0 Å². The molecule has 1 aliphatic heterocycles. The molecule has 1 fully saturated rings. The van der Waals surface area contributed by atoms with Crippen molar-refractivity contribution in [2.75, 3.05) is 6.54 Å². The molecule has 0 amide bonds. The maximum absolute atomic E-state index is 13.0. The molecule has 2 rings (SSSR count). The third-order valence-corrected chi connectivity index (χ3v) is 3.24. The van der Waals surface area contributed by atoms with Gasteiger partial charge in [0.05, 0.1) is 0 Å². The maximum atomic E-state index is 13.0. The second-order valence-corrected chi connectivity index (χ2v) is 4.56. The summed E-state index contributed by atoms with van der Waals surface area (Å²) in [5.41, 5.74) is 0.409. The molecule has 2 nitrogen and oxygen atoms in total. The van der Waals surface area contributed by atoms with Crippen LogP contribution in [0.1, 0.15) is 18.9 Å². The molecule has 4 heteroatoms. The number of carbonyl (C=O) groups excluding carboxylic acids is 1. The molecular formula is C13H15F2NO. The molecular weight excluding hydrogens is 224 g/mol. The van der Waals surface area contributed by atoms with Crippen LogP contribution >= 0.6 is 0 Å². The van der Waals surface area contributed by atoms with Crippen LogP contribution in [0.15, 0.2) is 18.2 Å². The molecule has 0 radical (unpaired) electrons. The maximum Gasteiger partial charge on any atom is 0.141 e. The normalized spacial score (nSPS) is 23.9. The van der Waals surface area contributed by atoms with Gasteiger partial charge in [0.15, 0.2) is 0 Å². The molecule has 1 heterocycles. The van der Waals surface area contributed by atoms with Crippen molar-refractivity contribution in [3.63, 3.8) is 0 Å². The molecule has 2 atom stereocenters. The lowest BCUT2D eigenvalue weighted by Gasteiger charge is -2.13. The number of nitrogens with one attached hydrogen (secondary N) is 1. The molecule has 0 bridgehead atoms. The average Bonchev–Trinajstić information content (AvgIpc) is 2.62. The lowest BCUT2D eigenvalue weighted by Crippen LogP contribution is -2.29. The van der Waals surface area contributed by atoms with Crippen molar-refractivity contribution < 1.29 is 13.6 Å². The fraction of sp³-hybridized carbons (Fsp3) is 0.462. The van der Waals surface area contributed by atoms with Gasteiger partial charge < -0.3 is 5.32 Å². The van der Waals surface area contributed by atoms with Crippen LogP contribution in [-0.4, -0.2) is 18.4 Å². The number of ketones is 1. The topological polar surface area (TPSA) is 29.1 Å². The van der Waals surface area contributed by atoms with Gasteiger partial charge >= 0.3 is 0 Å². The summed E-state index contributed by atoms with van der Waals surface area (Å²) in [5.74, 6) is -1.26. The van der Waals surface area contributed by atoms with Gasteiger partial charge in [0.25, 0.3) is 0 Å². The summed E-state index contributed by atoms with van der Waals surface area (Å²) in [6.07, 6.45) is 0.906. The first-order chi connectivity index (χ1) is 8.06. The Labute approximate surface area is 99.0 Å². The van der Waals surface area contributed by atoms with Gasteiger partial charge in [-0.15, -0.1) is 0 Å². The van der Waals surface area contributed by atoms with E-state index in [2.05, 4.69) is 5.32 Å². The predicted octanol–water partition coefficient (Wildman–Crippen LogP) is 2.07. The molecule has 2 unspecified atom stereocenters. The van der Waals surface area contributed by atoms with Crippen molar-refractivity contribution in [2.45, 2.75) is 25.8 Å². The molecule has 0 aliphatic carbocycles. The van der Waals surface area contributed by atoms with Gasteiger partial charge in [-0.2, -0.15) is 0 Å². The second kappa shape index (κ2) is 4.92. The van der Waals surface area contributed by atoms with Gasteiger partial charge in [-0.3, -0.25) is 4.79 Å². The second-order valence-electron chi connectivity index (χ2n) is 4.56. The lowest BCUT2D eigenvalue weighted by atomic mass is 9.92. The van der Waals surface area contributed by atoms with E-state index >= 15 is 0 Å². The van der Waals surface area contributed by atoms with E-state index in [1.54, 1.807) is 0 Å². The van der Waals surface area contributed by atoms with E-state index in [1.165, 1.54) is 12.1 Å². The monoisotopic (exact) mass is 239 g/mol. The van der Waals surface area contributed by atoms with Crippen molar-refractivity contribution in [2.24, 2.45) is 5.92 Å². The van der Waals surface area contributed by atoms with E-state index in [-0.39, 0.29) is 24.2 Å². The Balaban J connectivity index is 2.07. The van der Waals surface area contributed by atoms with Gasteiger partial charge in [-0.25, -0.2) is 8.78 Å². The number of halogens is 2. The third kappa shape index (κ3) is 2.88. The molecule has 0 aromatic heterocycles. The smallest absolute Gasteiger partial charge is 0.141 e. The first-order valence-corrected chi connectivity index (χ1v) is 5.77. The van der Waals surface area contributed by atoms with Crippen LogP contribution in [0.25, 0.3) is 0 Å². The Hall–Kier alpha value is -1.29. The Morgan fingerprint density at radius 3 is 2.53 bits per heavy atom. The van der Waals surface area contributed by atoms with Crippen LogP contribution in [-0.2, 0) is 11.2 Å². The minimum Gasteiger partial charge on any atom is -0.314 e. The SMILES string of the molecule is CC1NCCC1C(=O)Cc1cc(F)cc(F)c1. The number of rotatable bonds is 3. The lowest BCUT2D eigenvalue weighted by molar-refractivity contribution is -0.122. The van der Waals surface area contributed by atoms with Crippen LogP contribution in [0.2, 0.25) is 0 Å². The third-order valence-electron chi connectivity index (χ3n) is 3.24. The van der Waals surface area contributed by atoms with Crippen LogP contribution in [0.5, 0.6) is 0 Å². The fourth-order valence-electron chi connectivity index (χ4n) is 2.34. The molecule has 1 saturated heterocycles. The summed E-state index contributed by atoms with van der Waals surface area (Å²) in [5, 5.41) is 3.19. The minimum absolute atomic E-state index is 0.0404. The van der Waals surface area contributed by atoms with Gasteiger partial charge in [-0.05, 0) is 37.6 Å². The first-order valence-electron chi connectivity index (χ1n) is 5.77. The molecule has 1 aromatic rings. The zero-order valence-electron chi connectivity index (χ0n) is 9.67. The van der Waals surface area contributed by atoms with Gasteiger partial charge in [0, 0.05) is 24.4 Å². The van der Waals surface area contributed by atoms with E-state index < -0.39 is 11.6 Å². The van der Waals surface area contributed by atoms with E-state index in [1.807, 2.05) is 6.92 Å². The van der Waals surface area contributed by atoms with Crippen LogP contribution in [0, 0.1) is 17.6 Å². The standard InChI is InChI=1S/C13H15F2NO/c1-8-12(2-3-16-8)13(17)6-9-4-10(14)7-11(15)5-9/h4-5,7-8,12,16H,2-3,6H2,1H3. The summed E-state index contributed by atoms with van der Waals surface area (Å²) in [6.45, 7) is 2.79. The number of carbonyl (C=O) groups is 1. The largest absolute Gasteiger partial charge is 0.314 e. The Morgan fingerprint density at radius 2 is 2.00 bits per heavy atom.